The summed E-state index contributed by atoms with van der Waals surface area (Å²) in [6.45, 7) is 2.31. The quantitative estimate of drug-likeness (QED) is 0.693. The standard InChI is InChI=1S/C17H27N/c1-2-9-15-10-7-5-3-4-6-8-11-16-12-13-18-14-17(15)16/h12-15H,2-11H2,1H3. The Hall–Kier alpha value is -0.850. The van der Waals surface area contributed by atoms with Crippen molar-refractivity contribution in [2.24, 2.45) is 0 Å². The highest BCUT2D eigenvalue weighted by Crippen LogP contribution is 2.31. The van der Waals surface area contributed by atoms with Crippen LogP contribution in [0.5, 0.6) is 0 Å². The zero-order chi connectivity index (χ0) is 12.6. The zero-order valence-corrected chi connectivity index (χ0v) is 11.8. The van der Waals surface area contributed by atoms with Crippen LogP contribution in [0.4, 0.5) is 0 Å². The van der Waals surface area contributed by atoms with Crippen LogP contribution in [0.2, 0.25) is 0 Å². The fraction of sp³-hybridized carbons (Fsp3) is 0.706. The van der Waals surface area contributed by atoms with Crippen molar-refractivity contribution in [2.45, 2.75) is 77.0 Å². The van der Waals surface area contributed by atoms with Crippen LogP contribution in [-0.2, 0) is 6.42 Å². The van der Waals surface area contributed by atoms with Crippen LogP contribution in [0, 0.1) is 0 Å². The fourth-order valence-corrected chi connectivity index (χ4v) is 3.25. The third-order valence-corrected chi connectivity index (χ3v) is 4.27. The lowest BCUT2D eigenvalue weighted by Crippen LogP contribution is -2.04. The molecule has 0 aliphatic heterocycles. The molecule has 18 heavy (non-hydrogen) atoms. The van der Waals surface area contributed by atoms with Crippen molar-refractivity contribution in [2.75, 3.05) is 0 Å². The van der Waals surface area contributed by atoms with Crippen LogP contribution < -0.4 is 0 Å². The normalized spacial score (nSPS) is 21.9. The molecule has 1 unspecified atom stereocenters. The minimum atomic E-state index is 0.761. The van der Waals surface area contributed by atoms with Gasteiger partial charge in [-0.25, -0.2) is 0 Å². The van der Waals surface area contributed by atoms with Crippen LogP contribution in [0.3, 0.4) is 0 Å². The number of hydrogen-bond acceptors (Lipinski definition) is 1. The summed E-state index contributed by atoms with van der Waals surface area (Å²) in [5.41, 5.74) is 3.13. The molecular weight excluding hydrogens is 218 g/mol. The van der Waals surface area contributed by atoms with Crippen LogP contribution in [-0.4, -0.2) is 4.98 Å². The first-order valence-electron chi connectivity index (χ1n) is 7.84. The van der Waals surface area contributed by atoms with Gasteiger partial charge in [0.2, 0.25) is 0 Å². The predicted octanol–water partition coefficient (Wildman–Crippen LogP) is 5.25. The van der Waals surface area contributed by atoms with E-state index in [4.69, 9.17) is 0 Å². The van der Waals surface area contributed by atoms with E-state index in [1.807, 2.05) is 6.20 Å². The monoisotopic (exact) mass is 245 g/mol. The van der Waals surface area contributed by atoms with Crippen LogP contribution in [0.15, 0.2) is 18.5 Å². The largest absolute Gasteiger partial charge is 0.264 e. The first-order valence-corrected chi connectivity index (χ1v) is 7.84. The Morgan fingerprint density at radius 3 is 2.72 bits per heavy atom. The van der Waals surface area contributed by atoms with Gasteiger partial charge >= 0.3 is 0 Å². The van der Waals surface area contributed by atoms with Crippen molar-refractivity contribution in [3.05, 3.63) is 29.6 Å². The van der Waals surface area contributed by atoms with Crippen LogP contribution in [0.1, 0.15) is 81.8 Å². The number of aromatic nitrogens is 1. The Balaban J connectivity index is 2.17. The Morgan fingerprint density at radius 1 is 1.11 bits per heavy atom. The summed E-state index contributed by atoms with van der Waals surface area (Å²) in [5.74, 6) is 0.761. The van der Waals surface area contributed by atoms with Gasteiger partial charge in [-0.05, 0) is 48.8 Å². The number of rotatable bonds is 2. The van der Waals surface area contributed by atoms with E-state index in [1.165, 1.54) is 64.2 Å². The summed E-state index contributed by atoms with van der Waals surface area (Å²) in [6.07, 6.45) is 17.8. The van der Waals surface area contributed by atoms with E-state index in [9.17, 15) is 0 Å². The molecule has 0 saturated carbocycles. The van der Waals surface area contributed by atoms with Crippen molar-refractivity contribution in [3.8, 4) is 0 Å². The lowest BCUT2D eigenvalue weighted by molar-refractivity contribution is 0.515. The van der Waals surface area contributed by atoms with Gasteiger partial charge in [-0.2, -0.15) is 0 Å². The van der Waals surface area contributed by atoms with Crippen molar-refractivity contribution < 1.29 is 0 Å². The minimum Gasteiger partial charge on any atom is -0.264 e. The van der Waals surface area contributed by atoms with Gasteiger partial charge in [0.1, 0.15) is 0 Å². The van der Waals surface area contributed by atoms with Crippen LogP contribution in [0.25, 0.3) is 0 Å². The Bertz CT molecular complexity index is 345. The highest BCUT2D eigenvalue weighted by molar-refractivity contribution is 5.27. The summed E-state index contributed by atoms with van der Waals surface area (Å²) in [5, 5.41) is 0. The van der Waals surface area contributed by atoms with Gasteiger partial charge in [-0.3, -0.25) is 4.98 Å². The SMILES string of the molecule is CCCC1CCCCCCCCc2ccncc21. The molecule has 0 radical (unpaired) electrons. The average Bonchev–Trinajstić information content (AvgIpc) is 2.44. The third-order valence-electron chi connectivity index (χ3n) is 4.27. The van der Waals surface area contributed by atoms with Gasteiger partial charge in [-0.1, -0.05) is 45.4 Å². The fourth-order valence-electron chi connectivity index (χ4n) is 3.25. The smallest absolute Gasteiger partial charge is 0.0305 e. The summed E-state index contributed by atoms with van der Waals surface area (Å²) in [7, 11) is 0. The molecule has 1 heteroatoms. The van der Waals surface area contributed by atoms with E-state index in [0.717, 1.165) is 5.92 Å². The lowest BCUT2D eigenvalue weighted by Gasteiger charge is -2.19. The van der Waals surface area contributed by atoms with E-state index in [1.54, 1.807) is 11.1 Å². The maximum absolute atomic E-state index is 4.38. The molecular formula is C17H27N. The number of fused-ring (bicyclic) bond motifs is 1. The van der Waals surface area contributed by atoms with E-state index in [2.05, 4.69) is 24.2 Å². The zero-order valence-electron chi connectivity index (χ0n) is 11.8. The first kappa shape index (κ1) is 13.6. The number of aryl methyl sites for hydroxylation is 1. The van der Waals surface area contributed by atoms with Gasteiger partial charge in [-0.15, -0.1) is 0 Å². The highest BCUT2D eigenvalue weighted by Gasteiger charge is 2.15. The molecule has 1 heterocycles. The van der Waals surface area contributed by atoms with Gasteiger partial charge in [0.15, 0.2) is 0 Å². The maximum atomic E-state index is 4.38. The maximum Gasteiger partial charge on any atom is 0.0305 e. The molecule has 0 aromatic carbocycles. The molecule has 0 saturated heterocycles. The molecule has 1 nitrogen and oxygen atoms in total. The van der Waals surface area contributed by atoms with Gasteiger partial charge < -0.3 is 0 Å². The number of pyridine rings is 1. The highest BCUT2D eigenvalue weighted by atomic mass is 14.6. The second kappa shape index (κ2) is 7.56. The van der Waals surface area contributed by atoms with Crippen molar-refractivity contribution in [1.82, 2.24) is 4.98 Å². The summed E-state index contributed by atoms with van der Waals surface area (Å²) in [4.78, 5) is 4.38. The summed E-state index contributed by atoms with van der Waals surface area (Å²) in [6, 6.07) is 2.26. The van der Waals surface area contributed by atoms with Gasteiger partial charge in [0, 0.05) is 12.4 Å². The molecule has 0 spiro atoms. The molecule has 1 aromatic heterocycles. The molecule has 2 rings (SSSR count). The molecule has 100 valence electrons. The Kier molecular flexibility index (Phi) is 5.70. The van der Waals surface area contributed by atoms with Crippen LogP contribution >= 0.6 is 0 Å². The van der Waals surface area contributed by atoms with Crippen molar-refractivity contribution >= 4 is 0 Å². The second-order valence-corrected chi connectivity index (χ2v) is 5.72. The number of nitrogens with zero attached hydrogens (tertiary/aromatic N) is 1. The predicted molar refractivity (Wildman–Crippen MR) is 77.9 cm³/mol. The number of hydrogen-bond donors (Lipinski definition) is 0. The molecule has 1 aliphatic carbocycles. The Morgan fingerprint density at radius 2 is 1.89 bits per heavy atom. The van der Waals surface area contributed by atoms with E-state index in [-0.39, 0.29) is 0 Å². The molecule has 1 aromatic rings. The molecule has 0 bridgehead atoms. The molecule has 1 aliphatic rings. The van der Waals surface area contributed by atoms with Gasteiger partial charge in [0.05, 0.1) is 0 Å². The molecule has 0 fully saturated rings. The second-order valence-electron chi connectivity index (χ2n) is 5.72. The summed E-state index contributed by atoms with van der Waals surface area (Å²) < 4.78 is 0. The van der Waals surface area contributed by atoms with Crippen molar-refractivity contribution in [1.29, 1.82) is 0 Å². The summed E-state index contributed by atoms with van der Waals surface area (Å²) >= 11 is 0. The van der Waals surface area contributed by atoms with Gasteiger partial charge in [0.25, 0.3) is 0 Å². The average molecular weight is 245 g/mol. The first-order chi connectivity index (χ1) is 8.92. The topological polar surface area (TPSA) is 12.9 Å². The van der Waals surface area contributed by atoms with E-state index >= 15 is 0 Å². The minimum absolute atomic E-state index is 0.761. The van der Waals surface area contributed by atoms with E-state index in [0.29, 0.717) is 0 Å². The third kappa shape index (κ3) is 3.83. The lowest BCUT2D eigenvalue weighted by atomic mass is 9.87. The van der Waals surface area contributed by atoms with E-state index < -0.39 is 0 Å². The molecule has 0 N–H and O–H groups in total. The molecule has 0 amide bonds. The van der Waals surface area contributed by atoms with Crippen molar-refractivity contribution in [3.63, 3.8) is 0 Å². The Labute approximate surface area is 112 Å². The molecule has 1 atom stereocenters.